The maximum absolute atomic E-state index is 13.1. The van der Waals surface area contributed by atoms with Crippen molar-refractivity contribution in [2.75, 3.05) is 26.9 Å². The third-order valence-electron chi connectivity index (χ3n) is 6.27. The molecular formula is C28H38N2O5S. The zero-order chi connectivity index (χ0) is 26.0. The number of hydrogen-bond acceptors (Lipinski definition) is 6. The number of primary amides is 1. The van der Waals surface area contributed by atoms with Crippen LogP contribution < -0.4 is 15.2 Å². The number of benzene rings is 2. The lowest BCUT2D eigenvalue weighted by Gasteiger charge is -2.33. The molecule has 1 unspecified atom stereocenters. The van der Waals surface area contributed by atoms with Gasteiger partial charge in [0.2, 0.25) is 5.91 Å². The lowest BCUT2D eigenvalue weighted by atomic mass is 9.98. The highest BCUT2D eigenvalue weighted by atomic mass is 32.2. The number of aryl methyl sites for hydroxylation is 1. The third-order valence-corrected chi connectivity index (χ3v) is 8.29. The van der Waals surface area contributed by atoms with Crippen molar-refractivity contribution in [3.8, 4) is 11.5 Å². The van der Waals surface area contributed by atoms with E-state index in [0.29, 0.717) is 55.4 Å². The van der Waals surface area contributed by atoms with Crippen LogP contribution in [0.25, 0.3) is 0 Å². The Bertz CT molecular complexity index is 1040. The number of rotatable bonds is 11. The molecule has 2 aliphatic rings. The average molecular weight is 515 g/mol. The van der Waals surface area contributed by atoms with Crippen LogP contribution in [-0.4, -0.2) is 47.5 Å². The van der Waals surface area contributed by atoms with Gasteiger partial charge in [0.25, 0.3) is 0 Å². The molecule has 4 rings (SSSR count). The van der Waals surface area contributed by atoms with E-state index < -0.39 is 21.5 Å². The van der Waals surface area contributed by atoms with E-state index in [2.05, 4.69) is 0 Å². The van der Waals surface area contributed by atoms with Gasteiger partial charge in [0.15, 0.2) is 0 Å². The van der Waals surface area contributed by atoms with Crippen LogP contribution in [0.3, 0.4) is 0 Å². The van der Waals surface area contributed by atoms with Gasteiger partial charge >= 0.3 is 0 Å². The lowest BCUT2D eigenvalue weighted by Crippen LogP contribution is -2.51. The number of methoxy groups -OCH3 is 1. The molecule has 2 aromatic rings. The molecule has 1 amide bonds. The average Bonchev–Trinajstić information content (AvgIpc) is 3.78. The summed E-state index contributed by atoms with van der Waals surface area (Å²) >= 11 is 0. The molecule has 36 heavy (non-hydrogen) atoms. The normalized spacial score (nSPS) is 16.7. The number of amides is 1. The van der Waals surface area contributed by atoms with Gasteiger partial charge in [-0.3, -0.25) is 9.00 Å². The van der Waals surface area contributed by atoms with E-state index in [9.17, 15) is 9.00 Å². The molecule has 2 fully saturated rings. The van der Waals surface area contributed by atoms with Crippen LogP contribution in [-0.2, 0) is 20.3 Å². The summed E-state index contributed by atoms with van der Waals surface area (Å²) in [5, 5.41) is 8.35. The molecule has 196 valence electrons. The van der Waals surface area contributed by atoms with E-state index in [0.717, 1.165) is 29.7 Å². The standard InChI is InChI=1S/C25H32N2O5S.C3H6/c1-18-6-11-21(23(17-18)30-2)22(26)5-3-4-14-32-19-7-9-20(10-8-19)33(29)25(24(27)28)12-15-31-16-13-25;1-2-3-1/h6-11,17,26H,3-5,12-16H2,1-2H3,(H2,27,28);1-3H2. The predicted octanol–water partition coefficient (Wildman–Crippen LogP) is 4.93. The molecule has 8 heteroatoms. The van der Waals surface area contributed by atoms with E-state index in [1.165, 1.54) is 19.3 Å². The first-order valence-corrected chi connectivity index (χ1v) is 13.8. The van der Waals surface area contributed by atoms with Gasteiger partial charge in [-0.05, 0) is 81.0 Å². The highest BCUT2D eigenvalue weighted by Crippen LogP contribution is 2.32. The molecule has 0 bridgehead atoms. The Balaban J connectivity index is 0.00000112. The quantitative estimate of drug-likeness (QED) is 0.326. The molecule has 1 atom stereocenters. The fourth-order valence-corrected chi connectivity index (χ4v) is 5.44. The predicted molar refractivity (Wildman–Crippen MR) is 143 cm³/mol. The Labute approximate surface area is 216 Å². The fourth-order valence-electron chi connectivity index (χ4n) is 3.89. The minimum atomic E-state index is -1.55. The Hall–Kier alpha value is -2.71. The van der Waals surface area contributed by atoms with Crippen molar-refractivity contribution >= 4 is 22.4 Å². The van der Waals surface area contributed by atoms with E-state index in [1.54, 1.807) is 31.4 Å². The van der Waals surface area contributed by atoms with E-state index in [4.69, 9.17) is 25.4 Å². The SMILES string of the molecule is C1CC1.COc1cc(C)ccc1C(=N)CCCCOc1ccc(S(=O)C2(C(N)=O)CCOCC2)cc1. The van der Waals surface area contributed by atoms with Gasteiger partial charge in [-0.1, -0.05) is 25.3 Å². The highest BCUT2D eigenvalue weighted by molar-refractivity contribution is 7.87. The van der Waals surface area contributed by atoms with Gasteiger partial charge < -0.3 is 25.4 Å². The van der Waals surface area contributed by atoms with Crippen molar-refractivity contribution in [2.24, 2.45) is 5.73 Å². The van der Waals surface area contributed by atoms with Crippen molar-refractivity contribution in [1.29, 1.82) is 5.41 Å². The summed E-state index contributed by atoms with van der Waals surface area (Å²) in [6.07, 6.45) is 7.48. The maximum Gasteiger partial charge on any atom is 0.236 e. The van der Waals surface area contributed by atoms with Crippen molar-refractivity contribution in [3.63, 3.8) is 0 Å². The van der Waals surface area contributed by atoms with Crippen LogP contribution >= 0.6 is 0 Å². The van der Waals surface area contributed by atoms with Crippen LogP contribution in [0.2, 0.25) is 0 Å². The second-order valence-corrected chi connectivity index (χ2v) is 11.0. The summed E-state index contributed by atoms with van der Waals surface area (Å²) in [5.74, 6) is 0.858. The molecule has 3 N–H and O–H groups in total. The third kappa shape index (κ3) is 7.64. The topological polar surface area (TPSA) is 112 Å². The smallest absolute Gasteiger partial charge is 0.236 e. The second kappa shape index (κ2) is 13.6. The lowest BCUT2D eigenvalue weighted by molar-refractivity contribution is -0.122. The summed E-state index contributed by atoms with van der Waals surface area (Å²) in [5.41, 5.74) is 8.09. The van der Waals surface area contributed by atoms with Crippen molar-refractivity contribution in [3.05, 3.63) is 53.6 Å². The van der Waals surface area contributed by atoms with E-state index in [1.807, 2.05) is 25.1 Å². The highest BCUT2D eigenvalue weighted by Gasteiger charge is 2.45. The number of carbonyl (C=O) groups excluding carboxylic acids is 1. The minimum Gasteiger partial charge on any atom is -0.496 e. The number of unbranched alkanes of at least 4 members (excludes halogenated alkanes) is 1. The van der Waals surface area contributed by atoms with E-state index >= 15 is 0 Å². The minimum absolute atomic E-state index is 0.358. The molecule has 0 spiro atoms. The first-order chi connectivity index (χ1) is 17.4. The summed E-state index contributed by atoms with van der Waals surface area (Å²) in [6, 6.07) is 12.8. The zero-order valence-electron chi connectivity index (χ0n) is 21.3. The van der Waals surface area contributed by atoms with Crippen molar-refractivity contribution in [2.45, 2.75) is 67.9 Å². The van der Waals surface area contributed by atoms with Gasteiger partial charge in [-0.25, -0.2) is 0 Å². The second-order valence-electron chi connectivity index (χ2n) is 9.26. The largest absolute Gasteiger partial charge is 0.496 e. The molecule has 1 heterocycles. The molecule has 0 aromatic heterocycles. The van der Waals surface area contributed by atoms with Crippen molar-refractivity contribution < 1.29 is 23.2 Å². The summed E-state index contributed by atoms with van der Waals surface area (Å²) in [4.78, 5) is 12.6. The van der Waals surface area contributed by atoms with Crippen LogP contribution in [0.1, 0.15) is 62.5 Å². The Morgan fingerprint density at radius 3 is 2.33 bits per heavy atom. The number of nitrogens with two attached hydrogens (primary N) is 1. The van der Waals surface area contributed by atoms with E-state index in [-0.39, 0.29) is 0 Å². The first kappa shape index (κ1) is 27.9. The first-order valence-electron chi connectivity index (χ1n) is 12.6. The molecule has 1 aliphatic carbocycles. The molecule has 1 aliphatic heterocycles. The molecule has 7 nitrogen and oxygen atoms in total. The van der Waals surface area contributed by atoms with Gasteiger partial charge in [-0.15, -0.1) is 0 Å². The molecule has 1 saturated heterocycles. The number of nitrogens with one attached hydrogen (secondary N) is 1. The van der Waals surface area contributed by atoms with Crippen molar-refractivity contribution in [1.82, 2.24) is 0 Å². The monoisotopic (exact) mass is 514 g/mol. The zero-order valence-corrected chi connectivity index (χ0v) is 22.2. The molecular weight excluding hydrogens is 476 g/mol. The summed E-state index contributed by atoms with van der Waals surface area (Å²) < 4.78 is 28.5. The number of carbonyl (C=O) groups is 1. The van der Waals surface area contributed by atoms with Gasteiger partial charge in [-0.2, -0.15) is 0 Å². The van der Waals surface area contributed by atoms with Crippen LogP contribution in [0, 0.1) is 12.3 Å². The summed E-state index contributed by atoms with van der Waals surface area (Å²) in [7, 11) is 0.0750. The summed E-state index contributed by atoms with van der Waals surface area (Å²) in [6.45, 7) is 3.27. The number of ether oxygens (including phenoxy) is 3. The molecule has 2 aromatic carbocycles. The van der Waals surface area contributed by atoms with Gasteiger partial charge in [0.1, 0.15) is 16.2 Å². The fraction of sp³-hybridized carbons (Fsp3) is 0.500. The number of hydrogen-bond donors (Lipinski definition) is 2. The Morgan fingerprint density at radius 2 is 1.75 bits per heavy atom. The van der Waals surface area contributed by atoms with Gasteiger partial charge in [0, 0.05) is 29.4 Å². The Kier molecular flexibility index (Phi) is 10.5. The van der Waals surface area contributed by atoms with Crippen LogP contribution in [0.4, 0.5) is 0 Å². The molecule has 1 saturated carbocycles. The van der Waals surface area contributed by atoms with Crippen LogP contribution in [0.5, 0.6) is 11.5 Å². The van der Waals surface area contributed by atoms with Crippen LogP contribution in [0.15, 0.2) is 47.4 Å². The maximum atomic E-state index is 13.1. The Morgan fingerprint density at radius 1 is 1.08 bits per heavy atom. The van der Waals surface area contributed by atoms with Gasteiger partial charge in [0.05, 0.1) is 24.5 Å². The molecule has 0 radical (unpaired) electrons.